The SMILES string of the molecule is CC(C)(C)[C@H](N)C(=O)Nc1ccc(CC(N)=O)cc1. The molecule has 1 rings (SSSR count). The van der Waals surface area contributed by atoms with Crippen molar-refractivity contribution in [1.29, 1.82) is 0 Å². The Morgan fingerprint density at radius 2 is 1.74 bits per heavy atom. The van der Waals surface area contributed by atoms with Crippen molar-refractivity contribution in [1.82, 2.24) is 0 Å². The predicted octanol–water partition coefficient (Wildman–Crippen LogP) is 1.03. The number of carbonyl (C=O) groups excluding carboxylic acids is 2. The molecule has 0 aliphatic carbocycles. The van der Waals surface area contributed by atoms with Gasteiger partial charge in [-0.3, -0.25) is 9.59 Å². The Kier molecular flexibility index (Phi) is 4.67. The lowest BCUT2D eigenvalue weighted by molar-refractivity contribution is -0.119. The topological polar surface area (TPSA) is 98.2 Å². The quantitative estimate of drug-likeness (QED) is 0.756. The molecule has 2 amide bonds. The van der Waals surface area contributed by atoms with Crippen molar-refractivity contribution in [3.8, 4) is 0 Å². The van der Waals surface area contributed by atoms with Crippen LogP contribution in [0.25, 0.3) is 0 Å². The summed E-state index contributed by atoms with van der Waals surface area (Å²) in [6.45, 7) is 5.73. The first kappa shape index (κ1) is 15.2. The highest BCUT2D eigenvalue weighted by atomic mass is 16.2. The van der Waals surface area contributed by atoms with Gasteiger partial charge in [-0.25, -0.2) is 0 Å². The van der Waals surface area contributed by atoms with Crippen LogP contribution < -0.4 is 16.8 Å². The van der Waals surface area contributed by atoms with Gasteiger partial charge in [0, 0.05) is 5.69 Å². The molecule has 0 aromatic heterocycles. The first-order valence-electron chi connectivity index (χ1n) is 6.14. The molecule has 0 aliphatic heterocycles. The van der Waals surface area contributed by atoms with Crippen molar-refractivity contribution in [3.05, 3.63) is 29.8 Å². The van der Waals surface area contributed by atoms with E-state index in [9.17, 15) is 9.59 Å². The van der Waals surface area contributed by atoms with Crippen LogP contribution in [-0.2, 0) is 16.0 Å². The Labute approximate surface area is 113 Å². The van der Waals surface area contributed by atoms with E-state index in [1.165, 1.54) is 0 Å². The number of hydrogen-bond acceptors (Lipinski definition) is 3. The summed E-state index contributed by atoms with van der Waals surface area (Å²) in [6, 6.07) is 6.38. The highest BCUT2D eigenvalue weighted by Gasteiger charge is 2.27. The molecule has 0 fully saturated rings. The number of anilines is 1. The Hall–Kier alpha value is -1.88. The van der Waals surface area contributed by atoms with E-state index in [0.29, 0.717) is 5.69 Å². The number of rotatable bonds is 4. The normalized spacial score (nSPS) is 12.8. The van der Waals surface area contributed by atoms with Gasteiger partial charge in [-0.2, -0.15) is 0 Å². The molecule has 0 spiro atoms. The first-order valence-corrected chi connectivity index (χ1v) is 6.14. The second kappa shape index (κ2) is 5.84. The molecule has 19 heavy (non-hydrogen) atoms. The molecule has 0 aliphatic rings. The lowest BCUT2D eigenvalue weighted by Gasteiger charge is -2.25. The number of carbonyl (C=O) groups is 2. The van der Waals surface area contributed by atoms with Gasteiger partial charge in [-0.05, 0) is 23.1 Å². The van der Waals surface area contributed by atoms with E-state index in [0.717, 1.165) is 5.56 Å². The summed E-state index contributed by atoms with van der Waals surface area (Å²) in [6.07, 6.45) is 0.190. The van der Waals surface area contributed by atoms with Crippen molar-refractivity contribution in [2.75, 3.05) is 5.32 Å². The smallest absolute Gasteiger partial charge is 0.241 e. The molecule has 5 heteroatoms. The number of benzene rings is 1. The molecule has 1 aromatic carbocycles. The molecule has 5 N–H and O–H groups in total. The zero-order valence-corrected chi connectivity index (χ0v) is 11.6. The largest absolute Gasteiger partial charge is 0.369 e. The number of nitrogens with two attached hydrogens (primary N) is 2. The highest BCUT2D eigenvalue weighted by Crippen LogP contribution is 2.19. The van der Waals surface area contributed by atoms with E-state index in [1.807, 2.05) is 20.8 Å². The van der Waals surface area contributed by atoms with Gasteiger partial charge in [-0.1, -0.05) is 32.9 Å². The maximum atomic E-state index is 11.9. The molecular formula is C14H21N3O2. The third-order valence-corrected chi connectivity index (χ3v) is 2.82. The van der Waals surface area contributed by atoms with Gasteiger partial charge in [0.1, 0.15) is 0 Å². The molecule has 0 saturated heterocycles. The molecule has 1 aromatic rings. The predicted molar refractivity (Wildman–Crippen MR) is 75.4 cm³/mol. The zero-order chi connectivity index (χ0) is 14.6. The fourth-order valence-corrected chi connectivity index (χ4v) is 1.52. The summed E-state index contributed by atoms with van der Waals surface area (Å²) >= 11 is 0. The van der Waals surface area contributed by atoms with E-state index in [2.05, 4.69) is 5.32 Å². The van der Waals surface area contributed by atoms with Crippen molar-refractivity contribution >= 4 is 17.5 Å². The Morgan fingerprint density at radius 1 is 1.21 bits per heavy atom. The fraction of sp³-hybridized carbons (Fsp3) is 0.429. The minimum absolute atomic E-state index is 0.190. The van der Waals surface area contributed by atoms with Crippen LogP contribution in [0.3, 0.4) is 0 Å². The maximum absolute atomic E-state index is 11.9. The molecule has 5 nitrogen and oxygen atoms in total. The molecule has 1 atom stereocenters. The molecule has 0 bridgehead atoms. The highest BCUT2D eigenvalue weighted by molar-refractivity contribution is 5.95. The van der Waals surface area contributed by atoms with Gasteiger partial charge in [0.05, 0.1) is 12.5 Å². The van der Waals surface area contributed by atoms with Gasteiger partial charge in [-0.15, -0.1) is 0 Å². The van der Waals surface area contributed by atoms with Gasteiger partial charge in [0.25, 0.3) is 0 Å². The summed E-state index contributed by atoms with van der Waals surface area (Å²) in [7, 11) is 0. The Morgan fingerprint density at radius 3 is 2.16 bits per heavy atom. The standard InChI is InChI=1S/C14H21N3O2/c1-14(2,3)12(16)13(19)17-10-6-4-9(5-7-10)8-11(15)18/h4-7,12H,8,16H2,1-3H3,(H2,15,18)(H,17,19)/t12-/m1/s1. The van der Waals surface area contributed by atoms with E-state index >= 15 is 0 Å². The second-order valence-corrected chi connectivity index (χ2v) is 5.67. The van der Waals surface area contributed by atoms with Gasteiger partial charge >= 0.3 is 0 Å². The number of primary amides is 1. The van der Waals surface area contributed by atoms with Gasteiger partial charge in [0.15, 0.2) is 0 Å². The average molecular weight is 263 g/mol. The third-order valence-electron chi connectivity index (χ3n) is 2.82. The van der Waals surface area contributed by atoms with E-state index in [1.54, 1.807) is 24.3 Å². The van der Waals surface area contributed by atoms with Crippen LogP contribution in [0.15, 0.2) is 24.3 Å². The van der Waals surface area contributed by atoms with E-state index < -0.39 is 6.04 Å². The lowest BCUT2D eigenvalue weighted by atomic mass is 9.87. The summed E-state index contributed by atoms with van der Waals surface area (Å²) < 4.78 is 0. The fourth-order valence-electron chi connectivity index (χ4n) is 1.52. The summed E-state index contributed by atoms with van der Waals surface area (Å²) in [5.74, 6) is -0.610. The molecule has 0 unspecified atom stereocenters. The lowest BCUT2D eigenvalue weighted by Crippen LogP contribution is -2.45. The monoisotopic (exact) mass is 263 g/mol. The van der Waals surface area contributed by atoms with Crippen molar-refractivity contribution < 1.29 is 9.59 Å². The van der Waals surface area contributed by atoms with E-state index in [4.69, 9.17) is 11.5 Å². The summed E-state index contributed by atoms with van der Waals surface area (Å²) in [5, 5.41) is 2.75. The van der Waals surface area contributed by atoms with Gasteiger partial charge < -0.3 is 16.8 Å². The first-order chi connectivity index (χ1) is 8.70. The Balaban J connectivity index is 2.68. The minimum Gasteiger partial charge on any atom is -0.369 e. The van der Waals surface area contributed by atoms with Crippen molar-refractivity contribution in [2.24, 2.45) is 16.9 Å². The number of amides is 2. The minimum atomic E-state index is -0.585. The van der Waals surface area contributed by atoms with Crippen molar-refractivity contribution in [3.63, 3.8) is 0 Å². The van der Waals surface area contributed by atoms with Crippen LogP contribution in [0, 0.1) is 5.41 Å². The maximum Gasteiger partial charge on any atom is 0.241 e. The average Bonchev–Trinajstić information content (AvgIpc) is 2.28. The van der Waals surface area contributed by atoms with Crippen LogP contribution in [0.1, 0.15) is 26.3 Å². The molecule has 104 valence electrons. The third kappa shape index (κ3) is 4.71. The number of hydrogen-bond donors (Lipinski definition) is 3. The van der Waals surface area contributed by atoms with Gasteiger partial charge in [0.2, 0.25) is 11.8 Å². The molecule has 0 radical (unpaired) electrons. The summed E-state index contributed by atoms with van der Waals surface area (Å²) in [4.78, 5) is 22.7. The van der Waals surface area contributed by atoms with Crippen LogP contribution in [0.4, 0.5) is 5.69 Å². The number of nitrogens with one attached hydrogen (secondary N) is 1. The Bertz CT molecular complexity index is 461. The van der Waals surface area contributed by atoms with Crippen LogP contribution in [0.5, 0.6) is 0 Å². The molecular weight excluding hydrogens is 242 g/mol. The molecule has 0 saturated carbocycles. The van der Waals surface area contributed by atoms with Crippen LogP contribution >= 0.6 is 0 Å². The van der Waals surface area contributed by atoms with E-state index in [-0.39, 0.29) is 23.7 Å². The summed E-state index contributed by atoms with van der Waals surface area (Å²) in [5.41, 5.74) is 12.1. The van der Waals surface area contributed by atoms with Crippen LogP contribution in [0.2, 0.25) is 0 Å². The van der Waals surface area contributed by atoms with Crippen molar-refractivity contribution in [2.45, 2.75) is 33.2 Å². The second-order valence-electron chi connectivity index (χ2n) is 5.67. The van der Waals surface area contributed by atoms with Crippen LogP contribution in [-0.4, -0.2) is 17.9 Å². The molecule has 0 heterocycles. The zero-order valence-electron chi connectivity index (χ0n) is 11.6.